The molecule has 0 atom stereocenters. The van der Waals surface area contributed by atoms with Crippen molar-refractivity contribution in [1.29, 1.82) is 0 Å². The van der Waals surface area contributed by atoms with Crippen molar-refractivity contribution in [2.45, 2.75) is 13.8 Å². The summed E-state index contributed by atoms with van der Waals surface area (Å²) in [6.07, 6.45) is 0. The number of hydrogen-bond acceptors (Lipinski definition) is 3. The Labute approximate surface area is 109 Å². The molecular weight excluding hydrogens is 249 g/mol. The summed E-state index contributed by atoms with van der Waals surface area (Å²) in [5, 5.41) is 9.34. The number of rotatable bonds is 4. The van der Waals surface area contributed by atoms with E-state index in [0.29, 0.717) is 11.6 Å². The van der Waals surface area contributed by atoms with Crippen molar-refractivity contribution in [3.05, 3.63) is 41.3 Å². The summed E-state index contributed by atoms with van der Waals surface area (Å²) in [4.78, 5) is 11.6. The van der Waals surface area contributed by atoms with Gasteiger partial charge in [-0.1, -0.05) is 6.07 Å². The normalized spacial score (nSPS) is 10.3. The first-order valence-electron chi connectivity index (χ1n) is 5.76. The van der Waals surface area contributed by atoms with E-state index in [2.05, 4.69) is 15.5 Å². The zero-order valence-corrected chi connectivity index (χ0v) is 10.7. The molecule has 0 radical (unpaired) electrons. The molecule has 100 valence electrons. The van der Waals surface area contributed by atoms with Crippen LogP contribution in [-0.2, 0) is 4.79 Å². The van der Waals surface area contributed by atoms with E-state index in [9.17, 15) is 9.18 Å². The summed E-state index contributed by atoms with van der Waals surface area (Å²) in [6, 6.07) is 5.63. The number of ether oxygens (including phenoxy) is 1. The molecule has 0 spiro atoms. The average molecular weight is 263 g/mol. The number of anilines is 1. The van der Waals surface area contributed by atoms with Crippen molar-refractivity contribution in [1.82, 2.24) is 10.2 Å². The molecule has 0 saturated heterocycles. The summed E-state index contributed by atoms with van der Waals surface area (Å²) >= 11 is 0. The molecule has 1 aromatic heterocycles. The minimum atomic E-state index is -0.406. The smallest absolute Gasteiger partial charge is 0.263 e. The van der Waals surface area contributed by atoms with Gasteiger partial charge < -0.3 is 10.1 Å². The molecule has 0 aliphatic heterocycles. The van der Waals surface area contributed by atoms with E-state index < -0.39 is 5.82 Å². The molecule has 0 bridgehead atoms. The van der Waals surface area contributed by atoms with Gasteiger partial charge in [0.1, 0.15) is 11.6 Å². The minimum absolute atomic E-state index is 0.200. The first kappa shape index (κ1) is 13.1. The lowest BCUT2D eigenvalue weighted by molar-refractivity contribution is -0.118. The van der Waals surface area contributed by atoms with E-state index in [1.165, 1.54) is 18.2 Å². The molecular formula is C13H14FN3O2. The number of carbonyl (C=O) groups is 1. The Bertz CT molecular complexity index is 595. The SMILES string of the molecule is Cc1[nH]nc(NC(=O)COc2cccc(F)c2)c1C. The van der Waals surface area contributed by atoms with Crippen LogP contribution >= 0.6 is 0 Å². The summed E-state index contributed by atoms with van der Waals surface area (Å²) in [5.41, 5.74) is 1.76. The number of benzene rings is 1. The Morgan fingerprint density at radius 2 is 2.26 bits per heavy atom. The molecule has 0 saturated carbocycles. The van der Waals surface area contributed by atoms with Crippen LogP contribution < -0.4 is 10.1 Å². The van der Waals surface area contributed by atoms with Crippen LogP contribution in [0.5, 0.6) is 5.75 Å². The molecule has 1 heterocycles. The zero-order chi connectivity index (χ0) is 13.8. The Kier molecular flexibility index (Phi) is 3.79. The standard InChI is InChI=1S/C13H14FN3O2/c1-8-9(2)16-17-13(8)15-12(18)7-19-11-5-3-4-10(14)6-11/h3-6H,7H2,1-2H3,(H2,15,16,17,18). The van der Waals surface area contributed by atoms with E-state index >= 15 is 0 Å². The largest absolute Gasteiger partial charge is 0.484 e. The molecule has 0 aliphatic carbocycles. The number of halogens is 1. The van der Waals surface area contributed by atoms with Crippen LogP contribution in [0.25, 0.3) is 0 Å². The number of nitrogens with one attached hydrogen (secondary N) is 2. The van der Waals surface area contributed by atoms with Gasteiger partial charge in [-0.05, 0) is 26.0 Å². The topological polar surface area (TPSA) is 67.0 Å². The van der Waals surface area contributed by atoms with E-state index in [0.717, 1.165) is 11.3 Å². The first-order valence-corrected chi connectivity index (χ1v) is 5.76. The van der Waals surface area contributed by atoms with Crippen LogP contribution in [-0.4, -0.2) is 22.7 Å². The third-order valence-corrected chi connectivity index (χ3v) is 2.68. The molecule has 19 heavy (non-hydrogen) atoms. The number of hydrogen-bond donors (Lipinski definition) is 2. The number of aryl methyl sites for hydroxylation is 1. The highest BCUT2D eigenvalue weighted by molar-refractivity contribution is 5.91. The number of aromatic amines is 1. The number of carbonyl (C=O) groups excluding carboxylic acids is 1. The van der Waals surface area contributed by atoms with Gasteiger partial charge in [0.2, 0.25) is 0 Å². The molecule has 1 aromatic carbocycles. The van der Waals surface area contributed by atoms with E-state index in [1.54, 1.807) is 6.07 Å². The fourth-order valence-electron chi connectivity index (χ4n) is 1.48. The van der Waals surface area contributed by atoms with Crippen LogP contribution in [0.2, 0.25) is 0 Å². The molecule has 0 fully saturated rings. The second-order valence-electron chi connectivity index (χ2n) is 4.12. The summed E-state index contributed by atoms with van der Waals surface area (Å²) in [5.74, 6) is 0.0333. The molecule has 2 N–H and O–H groups in total. The lowest BCUT2D eigenvalue weighted by Gasteiger charge is -2.06. The maximum absolute atomic E-state index is 12.9. The van der Waals surface area contributed by atoms with Gasteiger partial charge in [-0.3, -0.25) is 9.89 Å². The van der Waals surface area contributed by atoms with Gasteiger partial charge >= 0.3 is 0 Å². The predicted octanol–water partition coefficient (Wildman–Crippen LogP) is 2.18. The first-order chi connectivity index (χ1) is 9.06. The quantitative estimate of drug-likeness (QED) is 0.888. The van der Waals surface area contributed by atoms with Crippen LogP contribution in [0.1, 0.15) is 11.3 Å². The Morgan fingerprint density at radius 3 is 2.89 bits per heavy atom. The van der Waals surface area contributed by atoms with Crippen LogP contribution in [0, 0.1) is 19.7 Å². The van der Waals surface area contributed by atoms with Gasteiger partial charge in [-0.2, -0.15) is 5.10 Å². The fraction of sp³-hybridized carbons (Fsp3) is 0.231. The van der Waals surface area contributed by atoms with E-state index in [-0.39, 0.29) is 12.5 Å². The number of H-pyrrole nitrogens is 1. The number of aromatic nitrogens is 2. The van der Waals surface area contributed by atoms with Crippen molar-refractivity contribution >= 4 is 11.7 Å². The zero-order valence-electron chi connectivity index (χ0n) is 10.7. The lowest BCUT2D eigenvalue weighted by Crippen LogP contribution is -2.20. The van der Waals surface area contributed by atoms with E-state index in [1.807, 2.05) is 13.8 Å². The Balaban J connectivity index is 1.90. The summed E-state index contributed by atoms with van der Waals surface area (Å²) in [6.45, 7) is 3.51. The van der Waals surface area contributed by atoms with Gasteiger partial charge in [0.15, 0.2) is 12.4 Å². The third kappa shape index (κ3) is 3.31. The molecule has 2 rings (SSSR count). The van der Waals surface area contributed by atoms with Crippen molar-refractivity contribution in [3.8, 4) is 5.75 Å². The lowest BCUT2D eigenvalue weighted by atomic mass is 10.3. The minimum Gasteiger partial charge on any atom is -0.484 e. The fourth-order valence-corrected chi connectivity index (χ4v) is 1.48. The number of amides is 1. The third-order valence-electron chi connectivity index (χ3n) is 2.68. The van der Waals surface area contributed by atoms with E-state index in [4.69, 9.17) is 4.74 Å². The molecule has 6 heteroatoms. The molecule has 0 aliphatic rings. The molecule has 1 amide bonds. The highest BCUT2D eigenvalue weighted by Crippen LogP contribution is 2.14. The Hall–Kier alpha value is -2.37. The maximum Gasteiger partial charge on any atom is 0.263 e. The molecule has 0 unspecified atom stereocenters. The van der Waals surface area contributed by atoms with Gasteiger partial charge in [-0.15, -0.1) is 0 Å². The van der Waals surface area contributed by atoms with Gasteiger partial charge in [0, 0.05) is 17.3 Å². The van der Waals surface area contributed by atoms with Gasteiger partial charge in [0.25, 0.3) is 5.91 Å². The van der Waals surface area contributed by atoms with Crippen LogP contribution in [0.3, 0.4) is 0 Å². The number of nitrogens with zero attached hydrogens (tertiary/aromatic N) is 1. The highest BCUT2D eigenvalue weighted by atomic mass is 19.1. The molecule has 5 nitrogen and oxygen atoms in total. The average Bonchev–Trinajstić information content (AvgIpc) is 2.69. The van der Waals surface area contributed by atoms with Crippen molar-refractivity contribution in [2.75, 3.05) is 11.9 Å². The second kappa shape index (κ2) is 5.51. The van der Waals surface area contributed by atoms with Crippen LogP contribution in [0.15, 0.2) is 24.3 Å². The van der Waals surface area contributed by atoms with Gasteiger partial charge in [-0.25, -0.2) is 4.39 Å². The maximum atomic E-state index is 12.9. The van der Waals surface area contributed by atoms with Crippen molar-refractivity contribution < 1.29 is 13.9 Å². The monoisotopic (exact) mass is 263 g/mol. The second-order valence-corrected chi connectivity index (χ2v) is 4.12. The van der Waals surface area contributed by atoms with Gasteiger partial charge in [0.05, 0.1) is 0 Å². The van der Waals surface area contributed by atoms with Crippen molar-refractivity contribution in [3.63, 3.8) is 0 Å². The predicted molar refractivity (Wildman–Crippen MR) is 68.6 cm³/mol. The van der Waals surface area contributed by atoms with Crippen molar-refractivity contribution in [2.24, 2.45) is 0 Å². The van der Waals surface area contributed by atoms with Crippen LogP contribution in [0.4, 0.5) is 10.2 Å². The molecule has 2 aromatic rings. The highest BCUT2D eigenvalue weighted by Gasteiger charge is 2.10. The summed E-state index contributed by atoms with van der Waals surface area (Å²) in [7, 11) is 0. The Morgan fingerprint density at radius 1 is 1.47 bits per heavy atom. The summed E-state index contributed by atoms with van der Waals surface area (Å²) < 4.78 is 18.1.